The minimum Gasteiger partial charge on any atom is -0.480 e. The van der Waals surface area contributed by atoms with Gasteiger partial charge >= 0.3 is 11.9 Å². The average Bonchev–Trinajstić information content (AvgIpc) is 2.88. The Kier molecular flexibility index (Phi) is 33.0. The molecule has 1 saturated carbocycles. The smallest absolute Gasteiger partial charge is 0.323 e. The molecule has 4 amide bonds. The van der Waals surface area contributed by atoms with E-state index in [-0.39, 0.29) is 31.2 Å². The molecule has 1 rings (SSSR count). The van der Waals surface area contributed by atoms with Crippen LogP contribution in [0.2, 0.25) is 0 Å². The van der Waals surface area contributed by atoms with Crippen molar-refractivity contribution in [2.45, 2.75) is 72.1 Å². The molecule has 0 radical (unpaired) electrons. The second kappa shape index (κ2) is 30.0. The van der Waals surface area contributed by atoms with Crippen LogP contribution >= 0.6 is 0 Å². The summed E-state index contributed by atoms with van der Waals surface area (Å²) in [4.78, 5) is 66.1. The van der Waals surface area contributed by atoms with E-state index in [0.29, 0.717) is 4.90 Å². The quantitative estimate of drug-likeness (QED) is 0.186. The van der Waals surface area contributed by atoms with Crippen molar-refractivity contribution in [1.82, 2.24) is 15.5 Å². The lowest BCUT2D eigenvalue weighted by atomic mass is 9.89. The van der Waals surface area contributed by atoms with Crippen LogP contribution in [0.1, 0.15) is 72.1 Å². The number of carboxylic acids is 2. The molecule has 0 spiro atoms. The molecule has 1 fully saturated rings. The lowest BCUT2D eigenvalue weighted by Crippen LogP contribution is -2.40. The van der Waals surface area contributed by atoms with Crippen molar-refractivity contribution in [3.8, 4) is 0 Å². The highest BCUT2D eigenvalue weighted by Gasteiger charge is 2.20. The first-order chi connectivity index (χ1) is 17.9. The minimum absolute atomic E-state index is 0.102. The van der Waals surface area contributed by atoms with Gasteiger partial charge in [0.05, 0.1) is 6.54 Å². The summed E-state index contributed by atoms with van der Waals surface area (Å²) < 4.78 is 0. The van der Waals surface area contributed by atoms with E-state index >= 15 is 0 Å². The van der Waals surface area contributed by atoms with E-state index in [1.54, 1.807) is 0 Å². The summed E-state index contributed by atoms with van der Waals surface area (Å²) in [7, 11) is 2.40. The molecule has 0 atom stereocenters. The highest BCUT2D eigenvalue weighted by molar-refractivity contribution is 5.89. The third-order valence-electron chi connectivity index (χ3n) is 4.30. The molecule has 1 aliphatic carbocycles. The fraction of sp³-hybridized carbons (Fsp3) is 0.750. The number of hydrogen-bond donors (Lipinski definition) is 7. The van der Waals surface area contributed by atoms with Crippen molar-refractivity contribution < 1.29 is 44.1 Å². The normalized spacial score (nSPS) is 11.6. The summed E-state index contributed by atoms with van der Waals surface area (Å²) in [5, 5.41) is 28.7. The van der Waals surface area contributed by atoms with Crippen LogP contribution in [0.3, 0.4) is 0 Å². The molecule has 0 aromatic heterocycles. The molecule has 38 heavy (non-hydrogen) atoms. The number of rotatable bonds is 10. The zero-order valence-corrected chi connectivity index (χ0v) is 23.5. The number of likely N-dealkylation sites (N-methyl/N-ethyl adjacent to an activating group) is 1. The number of aliphatic hydroxyl groups excluding tert-OH is 1. The van der Waals surface area contributed by atoms with Gasteiger partial charge < -0.3 is 42.3 Å². The molecule has 0 bridgehead atoms. The zero-order chi connectivity index (χ0) is 30.5. The SMILES string of the molecule is CCC.CCN.CNC(=O)CNC(=O)CCC(=O)N(CC(=O)O)CC(=O)O.CO.NC(=O)C1CCCCC1. The number of carbonyl (C=O) groups excluding carboxylic acids is 4. The summed E-state index contributed by atoms with van der Waals surface area (Å²) >= 11 is 0. The summed E-state index contributed by atoms with van der Waals surface area (Å²) in [5.74, 6) is -4.36. The van der Waals surface area contributed by atoms with Crippen molar-refractivity contribution in [3.63, 3.8) is 0 Å². The number of nitrogens with zero attached hydrogens (tertiary/aromatic N) is 1. The van der Waals surface area contributed by atoms with Crippen LogP contribution in [0.4, 0.5) is 0 Å². The number of nitrogens with two attached hydrogens (primary N) is 2. The number of carbonyl (C=O) groups is 6. The van der Waals surface area contributed by atoms with Gasteiger partial charge in [-0.25, -0.2) is 0 Å². The van der Waals surface area contributed by atoms with Crippen LogP contribution in [0.15, 0.2) is 0 Å². The summed E-state index contributed by atoms with van der Waals surface area (Å²) in [5.41, 5.74) is 9.98. The van der Waals surface area contributed by atoms with Crippen LogP contribution in [0.5, 0.6) is 0 Å². The van der Waals surface area contributed by atoms with Gasteiger partial charge in [0.2, 0.25) is 23.6 Å². The number of amides is 4. The Balaban J connectivity index is -0.000000277. The van der Waals surface area contributed by atoms with Gasteiger partial charge in [-0.05, 0) is 19.4 Å². The van der Waals surface area contributed by atoms with E-state index < -0.39 is 42.7 Å². The molecule has 0 heterocycles. The van der Waals surface area contributed by atoms with Gasteiger partial charge in [0.15, 0.2) is 0 Å². The van der Waals surface area contributed by atoms with Crippen molar-refractivity contribution in [2.24, 2.45) is 17.4 Å². The fourth-order valence-electron chi connectivity index (χ4n) is 2.68. The van der Waals surface area contributed by atoms with Gasteiger partial charge in [-0.1, -0.05) is 46.5 Å². The van der Waals surface area contributed by atoms with E-state index in [2.05, 4.69) is 24.5 Å². The molecule has 14 heteroatoms. The van der Waals surface area contributed by atoms with Crippen molar-refractivity contribution in [1.29, 1.82) is 0 Å². The van der Waals surface area contributed by atoms with Crippen molar-refractivity contribution in [2.75, 3.05) is 40.3 Å². The van der Waals surface area contributed by atoms with Gasteiger partial charge in [-0.3, -0.25) is 28.8 Å². The van der Waals surface area contributed by atoms with Crippen LogP contribution in [-0.2, 0) is 28.8 Å². The van der Waals surface area contributed by atoms with Gasteiger partial charge in [0.1, 0.15) is 13.1 Å². The van der Waals surface area contributed by atoms with Gasteiger partial charge in [0.25, 0.3) is 0 Å². The monoisotopic (exact) mass is 551 g/mol. The Hall–Kier alpha value is -3.26. The molecule has 0 saturated heterocycles. The van der Waals surface area contributed by atoms with Crippen molar-refractivity contribution in [3.05, 3.63) is 0 Å². The molecular weight excluding hydrogens is 502 g/mol. The summed E-state index contributed by atoms with van der Waals surface area (Å²) in [6, 6.07) is 0. The number of hydrogen-bond acceptors (Lipinski definition) is 8. The molecule has 1 aliphatic rings. The Bertz CT molecular complexity index is 652. The molecule has 0 aromatic rings. The third kappa shape index (κ3) is 30.8. The molecule has 9 N–H and O–H groups in total. The maximum atomic E-state index is 11.7. The predicted octanol–water partition coefficient (Wildman–Crippen LogP) is -0.332. The van der Waals surface area contributed by atoms with E-state index in [0.717, 1.165) is 26.5 Å². The van der Waals surface area contributed by atoms with E-state index in [9.17, 15) is 28.8 Å². The van der Waals surface area contributed by atoms with Crippen molar-refractivity contribution >= 4 is 35.6 Å². The molecule has 0 aromatic carbocycles. The Morgan fingerprint density at radius 1 is 0.842 bits per heavy atom. The number of aliphatic carboxylic acids is 2. The Morgan fingerprint density at radius 2 is 1.26 bits per heavy atom. The van der Waals surface area contributed by atoms with E-state index in [1.165, 1.54) is 32.7 Å². The number of primary amides is 1. The third-order valence-corrected chi connectivity index (χ3v) is 4.30. The topological polar surface area (TPSA) is 242 Å². The van der Waals surface area contributed by atoms with E-state index in [4.69, 9.17) is 26.8 Å². The molecule has 14 nitrogen and oxygen atoms in total. The first kappa shape index (κ1) is 41.9. The first-order valence-corrected chi connectivity index (χ1v) is 12.5. The van der Waals surface area contributed by atoms with Crippen LogP contribution in [0.25, 0.3) is 0 Å². The van der Waals surface area contributed by atoms with Gasteiger partial charge in [-0.2, -0.15) is 0 Å². The maximum absolute atomic E-state index is 11.7. The highest BCUT2D eigenvalue weighted by Crippen LogP contribution is 2.22. The molecule has 0 unspecified atom stereocenters. The first-order valence-electron chi connectivity index (χ1n) is 12.5. The van der Waals surface area contributed by atoms with Crippen LogP contribution in [0, 0.1) is 5.92 Å². The highest BCUT2D eigenvalue weighted by atomic mass is 16.4. The van der Waals surface area contributed by atoms with Crippen LogP contribution < -0.4 is 22.1 Å². The maximum Gasteiger partial charge on any atom is 0.323 e. The van der Waals surface area contributed by atoms with Crippen LogP contribution in [-0.4, -0.2) is 96.1 Å². The standard InChI is InChI=1S/C11H17N3O7.C7H13NO.C3H8.C2H7N.CH4O/c1-12-8(16)4-13-7(15)2-3-9(17)14(5-10(18)19)6-11(20)21;8-7(9)6-4-2-1-3-5-6;1-3-2;1-2-3;1-2/h2-6H2,1H3,(H,12,16)(H,13,15)(H,18,19)(H,20,21);6H,1-5H2,(H2,8,9);3H2,1-2H3;2-3H2,1H3;2H,1H3. The largest absolute Gasteiger partial charge is 0.480 e. The second-order valence-electron chi connectivity index (χ2n) is 7.84. The average molecular weight is 552 g/mol. The molecular formula is C24H49N5O9. The number of nitrogens with one attached hydrogen (secondary N) is 2. The predicted molar refractivity (Wildman–Crippen MR) is 143 cm³/mol. The number of carboxylic acid groups (broad SMARTS) is 2. The lowest BCUT2D eigenvalue weighted by molar-refractivity contribution is -0.149. The van der Waals surface area contributed by atoms with Gasteiger partial charge in [0, 0.05) is 32.9 Å². The Morgan fingerprint density at radius 3 is 1.58 bits per heavy atom. The summed E-state index contributed by atoms with van der Waals surface area (Å²) in [6.45, 7) is 5.15. The zero-order valence-electron chi connectivity index (χ0n) is 23.5. The molecule has 0 aliphatic heterocycles. The fourth-order valence-corrected chi connectivity index (χ4v) is 2.68. The minimum atomic E-state index is -1.35. The summed E-state index contributed by atoms with van der Waals surface area (Å²) in [6.07, 6.45) is 6.33. The molecule has 224 valence electrons. The number of aliphatic hydroxyl groups is 1. The van der Waals surface area contributed by atoms with Gasteiger partial charge in [-0.15, -0.1) is 0 Å². The van der Waals surface area contributed by atoms with E-state index in [1.807, 2.05) is 6.92 Å². The Labute approximate surface area is 225 Å². The second-order valence-corrected chi connectivity index (χ2v) is 7.84. The lowest BCUT2D eigenvalue weighted by Gasteiger charge is -2.18.